The molecular formula is C14H19N3O. The van der Waals surface area contributed by atoms with Gasteiger partial charge in [-0.3, -0.25) is 4.68 Å². The topological polar surface area (TPSA) is 53.1 Å². The molecule has 0 atom stereocenters. The summed E-state index contributed by atoms with van der Waals surface area (Å²) in [7, 11) is 0. The number of rotatable bonds is 5. The van der Waals surface area contributed by atoms with Crippen LogP contribution in [0.1, 0.15) is 17.0 Å². The normalized spacial score (nSPS) is 10.6. The van der Waals surface area contributed by atoms with Crippen LogP contribution in [0, 0.1) is 13.8 Å². The first-order chi connectivity index (χ1) is 8.72. The molecule has 1 heterocycles. The molecule has 2 N–H and O–H groups in total. The summed E-state index contributed by atoms with van der Waals surface area (Å²) in [5.74, 6) is 0.887. The summed E-state index contributed by atoms with van der Waals surface area (Å²) in [6.07, 6.45) is 0. The molecule has 0 saturated heterocycles. The second kappa shape index (κ2) is 5.69. The average molecular weight is 245 g/mol. The smallest absolute Gasteiger partial charge is 0.119 e. The molecule has 0 amide bonds. The van der Waals surface area contributed by atoms with E-state index in [1.807, 2.05) is 48.9 Å². The Morgan fingerprint density at radius 3 is 2.56 bits per heavy atom. The number of hydrogen-bond acceptors (Lipinski definition) is 3. The van der Waals surface area contributed by atoms with Crippen LogP contribution < -0.4 is 10.5 Å². The van der Waals surface area contributed by atoms with Gasteiger partial charge in [0.1, 0.15) is 12.4 Å². The van der Waals surface area contributed by atoms with Crippen LogP contribution in [0.2, 0.25) is 0 Å². The molecule has 18 heavy (non-hydrogen) atoms. The highest BCUT2D eigenvalue weighted by Crippen LogP contribution is 2.12. The van der Waals surface area contributed by atoms with E-state index in [4.69, 9.17) is 10.5 Å². The van der Waals surface area contributed by atoms with E-state index in [9.17, 15) is 0 Å². The van der Waals surface area contributed by atoms with Crippen molar-refractivity contribution in [2.24, 2.45) is 5.73 Å². The largest absolute Gasteiger partial charge is 0.492 e. The number of aromatic nitrogens is 2. The molecule has 0 fully saturated rings. The Kier molecular flexibility index (Phi) is 3.99. The third-order valence-electron chi connectivity index (χ3n) is 3.05. The fourth-order valence-electron chi connectivity index (χ4n) is 2.01. The molecule has 0 aliphatic rings. The van der Waals surface area contributed by atoms with E-state index in [1.54, 1.807) is 0 Å². The summed E-state index contributed by atoms with van der Waals surface area (Å²) in [5, 5.41) is 4.47. The van der Waals surface area contributed by atoms with E-state index in [2.05, 4.69) is 5.10 Å². The summed E-state index contributed by atoms with van der Waals surface area (Å²) in [4.78, 5) is 0. The maximum atomic E-state index is 5.70. The third kappa shape index (κ3) is 2.71. The Hall–Kier alpha value is -1.81. The van der Waals surface area contributed by atoms with Crippen LogP contribution in [0.5, 0.6) is 5.75 Å². The zero-order valence-corrected chi connectivity index (χ0v) is 10.9. The zero-order chi connectivity index (χ0) is 13.0. The minimum atomic E-state index is 0.539. The first-order valence-electron chi connectivity index (χ1n) is 6.13. The van der Waals surface area contributed by atoms with Crippen molar-refractivity contribution in [2.45, 2.75) is 26.9 Å². The lowest BCUT2D eigenvalue weighted by molar-refractivity contribution is 0.289. The van der Waals surface area contributed by atoms with Crippen LogP contribution in [0.25, 0.3) is 0 Å². The highest BCUT2D eigenvalue weighted by atomic mass is 16.5. The second-order valence-electron chi connectivity index (χ2n) is 4.24. The number of benzene rings is 1. The van der Waals surface area contributed by atoms with Gasteiger partial charge < -0.3 is 10.5 Å². The van der Waals surface area contributed by atoms with Gasteiger partial charge in [0.25, 0.3) is 0 Å². The molecule has 1 aromatic heterocycles. The average Bonchev–Trinajstić information content (AvgIpc) is 2.65. The van der Waals surface area contributed by atoms with Gasteiger partial charge in [0.05, 0.1) is 12.2 Å². The predicted molar refractivity (Wildman–Crippen MR) is 71.5 cm³/mol. The van der Waals surface area contributed by atoms with Crippen molar-refractivity contribution in [3.05, 3.63) is 47.3 Å². The molecule has 0 aliphatic carbocycles. The molecule has 0 unspecified atom stereocenters. The maximum Gasteiger partial charge on any atom is 0.119 e. The van der Waals surface area contributed by atoms with Crippen LogP contribution in [0.4, 0.5) is 0 Å². The minimum Gasteiger partial charge on any atom is -0.492 e. The van der Waals surface area contributed by atoms with E-state index < -0.39 is 0 Å². The van der Waals surface area contributed by atoms with Gasteiger partial charge in [-0.1, -0.05) is 18.2 Å². The highest BCUT2D eigenvalue weighted by molar-refractivity contribution is 5.24. The molecule has 0 aliphatic heterocycles. The summed E-state index contributed by atoms with van der Waals surface area (Å²) in [6.45, 7) is 5.92. The van der Waals surface area contributed by atoms with Gasteiger partial charge in [-0.25, -0.2) is 0 Å². The molecular weight excluding hydrogens is 226 g/mol. The molecule has 2 aromatic rings. The van der Waals surface area contributed by atoms with Crippen molar-refractivity contribution in [1.82, 2.24) is 9.78 Å². The molecule has 0 spiro atoms. The van der Waals surface area contributed by atoms with Crippen molar-refractivity contribution >= 4 is 0 Å². The first-order valence-corrected chi connectivity index (χ1v) is 6.13. The van der Waals surface area contributed by atoms with Gasteiger partial charge in [0, 0.05) is 17.8 Å². The lowest BCUT2D eigenvalue weighted by Gasteiger charge is -2.07. The highest BCUT2D eigenvalue weighted by Gasteiger charge is 2.09. The second-order valence-corrected chi connectivity index (χ2v) is 4.24. The van der Waals surface area contributed by atoms with Gasteiger partial charge in [-0.2, -0.15) is 5.10 Å². The van der Waals surface area contributed by atoms with Crippen LogP contribution >= 0.6 is 0 Å². The number of nitrogens with two attached hydrogens (primary N) is 1. The number of aryl methyl sites for hydroxylation is 1. The molecule has 0 saturated carbocycles. The summed E-state index contributed by atoms with van der Waals surface area (Å²) in [5.41, 5.74) is 8.97. The number of para-hydroxylation sites is 1. The Bertz CT molecular complexity index is 505. The van der Waals surface area contributed by atoms with Crippen molar-refractivity contribution in [3.8, 4) is 5.75 Å². The Balaban J connectivity index is 1.95. The number of hydrogen-bond donors (Lipinski definition) is 1. The van der Waals surface area contributed by atoms with Crippen LogP contribution in [-0.4, -0.2) is 16.4 Å². The Labute approximate surface area is 107 Å². The Morgan fingerprint density at radius 1 is 1.22 bits per heavy atom. The van der Waals surface area contributed by atoms with Gasteiger partial charge in [-0.15, -0.1) is 0 Å². The molecule has 96 valence electrons. The van der Waals surface area contributed by atoms with E-state index >= 15 is 0 Å². The zero-order valence-electron chi connectivity index (χ0n) is 10.9. The lowest BCUT2D eigenvalue weighted by atomic mass is 10.2. The van der Waals surface area contributed by atoms with Gasteiger partial charge >= 0.3 is 0 Å². The van der Waals surface area contributed by atoms with E-state index in [-0.39, 0.29) is 0 Å². The predicted octanol–water partition coefficient (Wildman–Crippen LogP) is 2.04. The van der Waals surface area contributed by atoms with Crippen molar-refractivity contribution in [3.63, 3.8) is 0 Å². The standard InChI is InChI=1S/C14H19N3O/c1-11-14(10-15)12(2)17(16-11)8-9-18-13-6-4-3-5-7-13/h3-7H,8-10,15H2,1-2H3. The third-order valence-corrected chi connectivity index (χ3v) is 3.05. The van der Waals surface area contributed by atoms with Crippen LogP contribution in [-0.2, 0) is 13.1 Å². The molecule has 2 rings (SSSR count). The molecule has 4 nitrogen and oxygen atoms in total. The quantitative estimate of drug-likeness (QED) is 0.877. The molecule has 0 bridgehead atoms. The van der Waals surface area contributed by atoms with Gasteiger partial charge in [0.2, 0.25) is 0 Å². The van der Waals surface area contributed by atoms with Crippen molar-refractivity contribution in [1.29, 1.82) is 0 Å². The van der Waals surface area contributed by atoms with E-state index in [1.165, 1.54) is 0 Å². The Morgan fingerprint density at radius 2 is 1.94 bits per heavy atom. The minimum absolute atomic E-state index is 0.539. The molecule has 0 radical (unpaired) electrons. The monoisotopic (exact) mass is 245 g/mol. The van der Waals surface area contributed by atoms with E-state index in [0.29, 0.717) is 13.2 Å². The molecule has 4 heteroatoms. The van der Waals surface area contributed by atoms with Gasteiger partial charge in [0.15, 0.2) is 0 Å². The van der Waals surface area contributed by atoms with Crippen LogP contribution in [0.15, 0.2) is 30.3 Å². The SMILES string of the molecule is Cc1nn(CCOc2ccccc2)c(C)c1CN. The van der Waals surface area contributed by atoms with Crippen LogP contribution in [0.3, 0.4) is 0 Å². The summed E-state index contributed by atoms with van der Waals surface area (Å²) < 4.78 is 7.61. The molecule has 1 aromatic carbocycles. The fraction of sp³-hybridized carbons (Fsp3) is 0.357. The van der Waals surface area contributed by atoms with Crippen molar-refractivity contribution in [2.75, 3.05) is 6.61 Å². The summed E-state index contributed by atoms with van der Waals surface area (Å²) in [6, 6.07) is 9.80. The lowest BCUT2D eigenvalue weighted by Crippen LogP contribution is -2.11. The maximum absolute atomic E-state index is 5.70. The number of nitrogens with zero attached hydrogens (tertiary/aromatic N) is 2. The van der Waals surface area contributed by atoms with Gasteiger partial charge in [-0.05, 0) is 26.0 Å². The number of ether oxygens (including phenoxy) is 1. The summed E-state index contributed by atoms with van der Waals surface area (Å²) >= 11 is 0. The van der Waals surface area contributed by atoms with E-state index in [0.717, 1.165) is 29.2 Å². The van der Waals surface area contributed by atoms with Crippen molar-refractivity contribution < 1.29 is 4.74 Å². The first kappa shape index (κ1) is 12.6. The fourth-order valence-corrected chi connectivity index (χ4v) is 2.01.